The molecular formula is C19H27N7O4S. The van der Waals surface area contributed by atoms with E-state index in [1.807, 2.05) is 11.0 Å². The van der Waals surface area contributed by atoms with E-state index in [-0.39, 0.29) is 11.9 Å². The highest BCUT2D eigenvalue weighted by Gasteiger charge is 2.26. The maximum Gasteiger partial charge on any atom is 0.321 e. The Balaban J connectivity index is 1.49. The zero-order valence-corrected chi connectivity index (χ0v) is 18.3. The molecular weight excluding hydrogens is 422 g/mol. The molecule has 0 saturated carbocycles. The fraction of sp³-hybridized carbons (Fsp3) is 0.579. The van der Waals surface area contributed by atoms with Gasteiger partial charge >= 0.3 is 6.01 Å². The number of ether oxygens (including phenoxy) is 2. The molecule has 0 bridgehead atoms. The summed E-state index contributed by atoms with van der Waals surface area (Å²) in [4.78, 5) is 19.8. The van der Waals surface area contributed by atoms with Crippen molar-refractivity contribution in [2.75, 3.05) is 62.9 Å². The van der Waals surface area contributed by atoms with Crippen LogP contribution in [0.5, 0.6) is 6.01 Å². The van der Waals surface area contributed by atoms with Crippen LogP contribution in [0.3, 0.4) is 0 Å². The van der Waals surface area contributed by atoms with E-state index < -0.39 is 10.0 Å². The maximum absolute atomic E-state index is 11.7. The summed E-state index contributed by atoms with van der Waals surface area (Å²) in [5, 5.41) is 0. The van der Waals surface area contributed by atoms with E-state index in [1.165, 1.54) is 10.6 Å². The summed E-state index contributed by atoms with van der Waals surface area (Å²) in [5.74, 6) is 1.66. The van der Waals surface area contributed by atoms with Crippen LogP contribution >= 0.6 is 0 Å². The van der Waals surface area contributed by atoms with Crippen LogP contribution in [0.1, 0.15) is 12.8 Å². The van der Waals surface area contributed by atoms with Crippen LogP contribution in [0.4, 0.5) is 11.8 Å². The number of anilines is 2. The van der Waals surface area contributed by atoms with E-state index in [9.17, 15) is 8.42 Å². The Bertz CT molecular complexity index is 989. The van der Waals surface area contributed by atoms with Gasteiger partial charge in [-0.3, -0.25) is 0 Å². The quantitative estimate of drug-likeness (QED) is 0.660. The van der Waals surface area contributed by atoms with E-state index in [2.05, 4.69) is 19.9 Å². The fourth-order valence-electron chi connectivity index (χ4n) is 3.58. The Morgan fingerprint density at radius 2 is 1.87 bits per heavy atom. The molecule has 168 valence electrons. The summed E-state index contributed by atoms with van der Waals surface area (Å²) in [6.45, 7) is 4.03. The van der Waals surface area contributed by atoms with Crippen molar-refractivity contribution in [1.82, 2.24) is 24.2 Å². The zero-order chi connectivity index (χ0) is 21.8. The van der Waals surface area contributed by atoms with Gasteiger partial charge < -0.3 is 20.1 Å². The largest absolute Gasteiger partial charge is 0.463 e. The van der Waals surface area contributed by atoms with Crippen molar-refractivity contribution in [3.8, 4) is 17.4 Å². The molecule has 2 aromatic rings. The molecule has 4 heterocycles. The van der Waals surface area contributed by atoms with Crippen molar-refractivity contribution in [3.05, 3.63) is 18.3 Å². The lowest BCUT2D eigenvalue weighted by molar-refractivity contribution is 0.121. The van der Waals surface area contributed by atoms with Gasteiger partial charge in [0, 0.05) is 37.9 Å². The molecule has 0 unspecified atom stereocenters. The average molecular weight is 450 g/mol. The molecule has 2 aliphatic heterocycles. The van der Waals surface area contributed by atoms with Crippen molar-refractivity contribution in [2.24, 2.45) is 5.92 Å². The molecule has 0 atom stereocenters. The number of nitrogens with zero attached hydrogens (tertiary/aromatic N) is 6. The number of hydrogen-bond donors (Lipinski definition) is 1. The van der Waals surface area contributed by atoms with Gasteiger partial charge in [0.2, 0.25) is 16.0 Å². The number of pyridine rings is 1. The molecule has 12 heteroatoms. The Labute approximate surface area is 181 Å². The molecule has 11 nitrogen and oxygen atoms in total. The molecule has 2 aromatic heterocycles. The van der Waals surface area contributed by atoms with Gasteiger partial charge in [-0.05, 0) is 30.9 Å². The first-order chi connectivity index (χ1) is 14.9. The summed E-state index contributed by atoms with van der Waals surface area (Å²) in [5.41, 5.74) is 6.42. The molecule has 0 aromatic carbocycles. The van der Waals surface area contributed by atoms with Crippen molar-refractivity contribution < 1.29 is 17.9 Å². The minimum absolute atomic E-state index is 0.239. The second-order valence-corrected chi connectivity index (χ2v) is 9.71. The van der Waals surface area contributed by atoms with E-state index in [1.54, 1.807) is 12.3 Å². The van der Waals surface area contributed by atoms with Crippen molar-refractivity contribution in [1.29, 1.82) is 0 Å². The lowest BCUT2D eigenvalue weighted by atomic mass is 9.99. The van der Waals surface area contributed by atoms with E-state index in [0.29, 0.717) is 63.6 Å². The molecule has 2 saturated heterocycles. The van der Waals surface area contributed by atoms with Gasteiger partial charge in [-0.15, -0.1) is 0 Å². The predicted octanol–water partition coefficient (Wildman–Crippen LogP) is 0.403. The fourth-order valence-corrected chi connectivity index (χ4v) is 4.46. The highest BCUT2D eigenvalue weighted by molar-refractivity contribution is 7.88. The Kier molecular flexibility index (Phi) is 6.49. The number of sulfonamides is 1. The third-order valence-electron chi connectivity index (χ3n) is 5.43. The Morgan fingerprint density at radius 1 is 1.13 bits per heavy atom. The summed E-state index contributed by atoms with van der Waals surface area (Å²) >= 11 is 0. The predicted molar refractivity (Wildman–Crippen MR) is 115 cm³/mol. The molecule has 2 N–H and O–H groups in total. The Hall–Kier alpha value is -2.57. The number of nitrogen functional groups attached to an aromatic ring is 1. The topological polar surface area (TPSA) is 137 Å². The van der Waals surface area contributed by atoms with Gasteiger partial charge in [-0.1, -0.05) is 0 Å². The van der Waals surface area contributed by atoms with Gasteiger partial charge in [0.1, 0.15) is 5.82 Å². The lowest BCUT2D eigenvalue weighted by Crippen LogP contribution is -2.39. The number of morpholine rings is 1. The highest BCUT2D eigenvalue weighted by Crippen LogP contribution is 2.23. The van der Waals surface area contributed by atoms with Gasteiger partial charge in [0.25, 0.3) is 0 Å². The van der Waals surface area contributed by atoms with Crippen molar-refractivity contribution in [2.45, 2.75) is 12.8 Å². The number of nitrogens with two attached hydrogens (primary N) is 1. The molecule has 0 aliphatic carbocycles. The first-order valence-electron chi connectivity index (χ1n) is 10.3. The van der Waals surface area contributed by atoms with Crippen LogP contribution in [0.25, 0.3) is 11.4 Å². The smallest absolute Gasteiger partial charge is 0.321 e. The van der Waals surface area contributed by atoms with Crippen LogP contribution in [0.2, 0.25) is 0 Å². The molecule has 4 rings (SSSR count). The first kappa shape index (κ1) is 21.7. The minimum atomic E-state index is -3.14. The van der Waals surface area contributed by atoms with Gasteiger partial charge in [0.05, 0.1) is 26.1 Å². The first-order valence-corrected chi connectivity index (χ1v) is 12.1. The van der Waals surface area contributed by atoms with Crippen LogP contribution in [-0.2, 0) is 14.8 Å². The summed E-state index contributed by atoms with van der Waals surface area (Å²) in [6.07, 6.45) is 4.35. The third-order valence-corrected chi connectivity index (χ3v) is 6.74. The molecule has 2 aliphatic rings. The highest BCUT2D eigenvalue weighted by atomic mass is 32.2. The van der Waals surface area contributed by atoms with E-state index in [4.69, 9.17) is 15.2 Å². The van der Waals surface area contributed by atoms with E-state index >= 15 is 0 Å². The van der Waals surface area contributed by atoms with Crippen molar-refractivity contribution >= 4 is 21.8 Å². The number of rotatable bonds is 6. The summed E-state index contributed by atoms with van der Waals surface area (Å²) < 4.78 is 36.3. The van der Waals surface area contributed by atoms with Crippen LogP contribution in [0, 0.1) is 5.92 Å². The second-order valence-electron chi connectivity index (χ2n) is 7.73. The normalized spacial score (nSPS) is 18.8. The van der Waals surface area contributed by atoms with Gasteiger partial charge in [0.15, 0.2) is 5.82 Å². The van der Waals surface area contributed by atoms with Crippen LogP contribution in [0.15, 0.2) is 18.3 Å². The van der Waals surface area contributed by atoms with Crippen LogP contribution < -0.4 is 15.4 Å². The monoisotopic (exact) mass is 449 g/mol. The third kappa shape index (κ3) is 5.57. The number of piperidine rings is 1. The minimum Gasteiger partial charge on any atom is -0.463 e. The molecule has 0 radical (unpaired) electrons. The summed E-state index contributed by atoms with van der Waals surface area (Å²) in [7, 11) is -3.14. The molecule has 2 fully saturated rings. The second kappa shape index (κ2) is 9.28. The Morgan fingerprint density at radius 3 is 2.52 bits per heavy atom. The van der Waals surface area contributed by atoms with E-state index in [0.717, 1.165) is 18.4 Å². The molecule has 0 spiro atoms. The van der Waals surface area contributed by atoms with Crippen molar-refractivity contribution in [3.63, 3.8) is 0 Å². The zero-order valence-electron chi connectivity index (χ0n) is 17.5. The standard InChI is InChI=1S/C19H27N7O4S/c1-31(27,28)26-6-4-14(5-7-26)13-30-19-23-17(15-2-3-16(20)21-12-15)22-18(24-19)25-8-10-29-11-9-25/h2-3,12,14H,4-11,13H2,1H3,(H2,20,21). The summed E-state index contributed by atoms with van der Waals surface area (Å²) in [6, 6.07) is 3.75. The molecule has 31 heavy (non-hydrogen) atoms. The SMILES string of the molecule is CS(=O)(=O)N1CCC(COc2nc(-c3ccc(N)nc3)nc(N3CCOCC3)n2)CC1. The van der Waals surface area contributed by atoms with Gasteiger partial charge in [-0.2, -0.15) is 15.0 Å². The maximum atomic E-state index is 11.7. The molecule has 0 amide bonds. The van der Waals surface area contributed by atoms with Crippen LogP contribution in [-0.4, -0.2) is 84.9 Å². The lowest BCUT2D eigenvalue weighted by Gasteiger charge is -2.30. The number of aromatic nitrogens is 4. The average Bonchev–Trinajstić information content (AvgIpc) is 2.78. The number of hydrogen-bond acceptors (Lipinski definition) is 10. The van der Waals surface area contributed by atoms with Gasteiger partial charge in [-0.25, -0.2) is 17.7 Å².